The van der Waals surface area contributed by atoms with E-state index in [2.05, 4.69) is 0 Å². The van der Waals surface area contributed by atoms with Gasteiger partial charge in [-0.2, -0.15) is 0 Å². The third kappa shape index (κ3) is 1.69. The lowest BCUT2D eigenvalue weighted by Gasteiger charge is -2.59. The molecule has 18 heavy (non-hydrogen) atoms. The number of esters is 1. The molecular weight excluding hydrogens is 232 g/mol. The molecule has 0 aromatic heterocycles. The van der Waals surface area contributed by atoms with E-state index in [4.69, 9.17) is 4.74 Å². The highest BCUT2D eigenvalue weighted by Crippen LogP contribution is 2.61. The standard InChI is InChI=1S/C14H20O4/c1-2-18-12(16)11(15)13-4-9-3-10(5-13)7-14(17,6-9)8-13/h9-10,17H,2-8H2,1H3. The summed E-state index contributed by atoms with van der Waals surface area (Å²) in [5.74, 6) is -0.274. The Labute approximate surface area is 107 Å². The molecule has 4 aliphatic rings. The Kier molecular flexibility index (Phi) is 2.56. The summed E-state index contributed by atoms with van der Waals surface area (Å²) >= 11 is 0. The second-order valence-corrected chi connectivity index (χ2v) is 6.52. The summed E-state index contributed by atoms with van der Waals surface area (Å²) in [6.07, 6.45) is 4.72. The molecule has 4 bridgehead atoms. The van der Waals surface area contributed by atoms with Gasteiger partial charge in [0, 0.05) is 5.41 Å². The van der Waals surface area contributed by atoms with Crippen molar-refractivity contribution in [1.82, 2.24) is 0 Å². The van der Waals surface area contributed by atoms with E-state index < -0.39 is 22.8 Å². The topological polar surface area (TPSA) is 63.6 Å². The molecule has 4 fully saturated rings. The summed E-state index contributed by atoms with van der Waals surface area (Å²) < 4.78 is 4.86. The van der Waals surface area contributed by atoms with Gasteiger partial charge < -0.3 is 9.84 Å². The Bertz CT molecular complexity index is 387. The van der Waals surface area contributed by atoms with Crippen LogP contribution in [0.4, 0.5) is 0 Å². The molecule has 0 heterocycles. The van der Waals surface area contributed by atoms with Crippen LogP contribution in [-0.2, 0) is 14.3 Å². The van der Waals surface area contributed by atoms with Gasteiger partial charge in [0.1, 0.15) is 0 Å². The molecule has 4 rings (SSSR count). The Morgan fingerprint density at radius 3 is 2.33 bits per heavy atom. The van der Waals surface area contributed by atoms with Crippen molar-refractivity contribution in [2.24, 2.45) is 17.3 Å². The average molecular weight is 252 g/mol. The van der Waals surface area contributed by atoms with E-state index in [0.717, 1.165) is 32.1 Å². The highest BCUT2D eigenvalue weighted by Gasteiger charge is 2.61. The number of Topliss-reactive ketones (excluding diaryl/α,β-unsaturated/α-hetero) is 1. The van der Waals surface area contributed by atoms with Crippen molar-refractivity contribution in [3.8, 4) is 0 Å². The summed E-state index contributed by atoms with van der Waals surface area (Å²) in [4.78, 5) is 24.1. The Morgan fingerprint density at radius 2 is 1.83 bits per heavy atom. The zero-order valence-electron chi connectivity index (χ0n) is 10.8. The van der Waals surface area contributed by atoms with Crippen molar-refractivity contribution in [2.45, 2.75) is 51.0 Å². The largest absolute Gasteiger partial charge is 0.460 e. The number of carbonyl (C=O) groups is 2. The maximum Gasteiger partial charge on any atom is 0.375 e. The second-order valence-electron chi connectivity index (χ2n) is 6.52. The zero-order valence-corrected chi connectivity index (χ0v) is 10.8. The molecule has 100 valence electrons. The van der Waals surface area contributed by atoms with Gasteiger partial charge in [0.05, 0.1) is 12.2 Å². The van der Waals surface area contributed by atoms with Crippen LogP contribution in [0.25, 0.3) is 0 Å². The summed E-state index contributed by atoms with van der Waals surface area (Å²) in [6.45, 7) is 1.94. The molecule has 4 heteroatoms. The zero-order chi connectivity index (χ0) is 13.0. The Balaban J connectivity index is 1.87. The van der Waals surface area contributed by atoms with E-state index >= 15 is 0 Å². The van der Waals surface area contributed by atoms with Crippen molar-refractivity contribution < 1.29 is 19.4 Å². The average Bonchev–Trinajstić information content (AvgIpc) is 2.24. The van der Waals surface area contributed by atoms with Crippen LogP contribution in [0.15, 0.2) is 0 Å². The summed E-state index contributed by atoms with van der Waals surface area (Å²) in [7, 11) is 0. The lowest BCUT2D eigenvalue weighted by Crippen LogP contribution is -2.59. The van der Waals surface area contributed by atoms with E-state index in [1.165, 1.54) is 0 Å². The van der Waals surface area contributed by atoms with Crippen LogP contribution in [0, 0.1) is 17.3 Å². The Hall–Kier alpha value is -0.900. The molecule has 2 unspecified atom stereocenters. The molecular formula is C14H20O4. The van der Waals surface area contributed by atoms with Gasteiger partial charge >= 0.3 is 5.97 Å². The second kappa shape index (κ2) is 3.80. The number of ether oxygens (including phenoxy) is 1. The predicted molar refractivity (Wildman–Crippen MR) is 63.7 cm³/mol. The number of carbonyl (C=O) groups excluding carboxylic acids is 2. The van der Waals surface area contributed by atoms with Crippen LogP contribution >= 0.6 is 0 Å². The number of rotatable bonds is 3. The van der Waals surface area contributed by atoms with Crippen molar-refractivity contribution >= 4 is 11.8 Å². The van der Waals surface area contributed by atoms with Crippen LogP contribution in [0.5, 0.6) is 0 Å². The van der Waals surface area contributed by atoms with E-state index in [9.17, 15) is 14.7 Å². The van der Waals surface area contributed by atoms with Gasteiger partial charge in [-0.25, -0.2) is 4.79 Å². The van der Waals surface area contributed by atoms with Gasteiger partial charge in [-0.15, -0.1) is 0 Å². The lowest BCUT2D eigenvalue weighted by molar-refractivity contribution is -0.184. The van der Waals surface area contributed by atoms with Gasteiger partial charge in [-0.1, -0.05) is 0 Å². The summed E-state index contributed by atoms with van der Waals surface area (Å²) in [6, 6.07) is 0. The minimum absolute atomic E-state index is 0.234. The quantitative estimate of drug-likeness (QED) is 0.610. The van der Waals surface area contributed by atoms with Crippen LogP contribution in [0.2, 0.25) is 0 Å². The van der Waals surface area contributed by atoms with E-state index in [1.807, 2.05) is 0 Å². The molecule has 4 nitrogen and oxygen atoms in total. The minimum atomic E-state index is -0.706. The third-order valence-electron chi connectivity index (χ3n) is 4.97. The van der Waals surface area contributed by atoms with E-state index in [0.29, 0.717) is 18.3 Å². The molecule has 0 aromatic carbocycles. The van der Waals surface area contributed by atoms with Gasteiger partial charge in [-0.3, -0.25) is 4.79 Å². The van der Waals surface area contributed by atoms with Gasteiger partial charge in [0.15, 0.2) is 0 Å². The Morgan fingerprint density at radius 1 is 1.22 bits per heavy atom. The molecule has 0 aliphatic heterocycles. The lowest BCUT2D eigenvalue weighted by atomic mass is 9.47. The maximum atomic E-state index is 12.3. The molecule has 0 amide bonds. The summed E-state index contributed by atoms with van der Waals surface area (Å²) in [5, 5.41) is 10.5. The first-order valence-electron chi connectivity index (χ1n) is 6.90. The molecule has 0 spiro atoms. The minimum Gasteiger partial charge on any atom is -0.460 e. The number of ketones is 1. The summed E-state index contributed by atoms with van der Waals surface area (Å²) in [5.41, 5.74) is -1.32. The van der Waals surface area contributed by atoms with Crippen LogP contribution in [0.1, 0.15) is 45.4 Å². The molecule has 1 N–H and O–H groups in total. The van der Waals surface area contributed by atoms with Crippen molar-refractivity contribution in [3.63, 3.8) is 0 Å². The van der Waals surface area contributed by atoms with Gasteiger partial charge in [-0.05, 0) is 57.3 Å². The molecule has 0 aromatic rings. The smallest absolute Gasteiger partial charge is 0.375 e. The van der Waals surface area contributed by atoms with Gasteiger partial charge in [0.2, 0.25) is 5.78 Å². The van der Waals surface area contributed by atoms with Gasteiger partial charge in [0.25, 0.3) is 0 Å². The highest BCUT2D eigenvalue weighted by atomic mass is 16.5. The fraction of sp³-hybridized carbons (Fsp3) is 0.857. The molecule has 4 saturated carbocycles. The highest BCUT2D eigenvalue weighted by molar-refractivity contribution is 6.35. The SMILES string of the molecule is CCOC(=O)C(=O)C12CC3CC(CC(O)(C3)C1)C2. The van der Waals surface area contributed by atoms with Crippen molar-refractivity contribution in [1.29, 1.82) is 0 Å². The van der Waals surface area contributed by atoms with Crippen molar-refractivity contribution in [3.05, 3.63) is 0 Å². The van der Waals surface area contributed by atoms with Crippen LogP contribution in [-0.4, -0.2) is 29.1 Å². The predicted octanol–water partition coefficient (Wildman–Crippen LogP) is 1.45. The van der Waals surface area contributed by atoms with Crippen LogP contribution < -0.4 is 0 Å². The third-order valence-corrected chi connectivity index (χ3v) is 4.97. The fourth-order valence-electron chi connectivity index (χ4n) is 4.89. The molecule has 0 radical (unpaired) electrons. The molecule has 2 atom stereocenters. The first kappa shape index (κ1) is 12.2. The fourth-order valence-corrected chi connectivity index (χ4v) is 4.89. The maximum absolute atomic E-state index is 12.3. The number of hydrogen-bond acceptors (Lipinski definition) is 4. The first-order chi connectivity index (χ1) is 8.46. The first-order valence-corrected chi connectivity index (χ1v) is 6.90. The number of aliphatic hydroxyl groups is 1. The molecule has 0 saturated heterocycles. The van der Waals surface area contributed by atoms with Crippen molar-refractivity contribution in [2.75, 3.05) is 6.61 Å². The van der Waals surface area contributed by atoms with E-state index in [1.54, 1.807) is 6.92 Å². The van der Waals surface area contributed by atoms with E-state index in [-0.39, 0.29) is 6.61 Å². The normalized spacial score (nSPS) is 45.0. The van der Waals surface area contributed by atoms with Crippen LogP contribution in [0.3, 0.4) is 0 Å². The number of hydrogen-bond donors (Lipinski definition) is 1. The molecule has 4 aliphatic carbocycles. The monoisotopic (exact) mass is 252 g/mol.